The van der Waals surface area contributed by atoms with E-state index in [9.17, 15) is 9.59 Å². The van der Waals surface area contributed by atoms with Crippen molar-refractivity contribution in [2.45, 2.75) is 45.1 Å². The van der Waals surface area contributed by atoms with Gasteiger partial charge in [-0.3, -0.25) is 4.57 Å². The molecule has 30 heavy (non-hydrogen) atoms. The number of fused-ring (bicyclic) bond motifs is 1. The van der Waals surface area contributed by atoms with Crippen molar-refractivity contribution in [2.75, 3.05) is 12.4 Å². The molecular weight excluding hydrogens is 382 g/mol. The van der Waals surface area contributed by atoms with Gasteiger partial charge in [-0.15, -0.1) is 0 Å². The third-order valence-electron chi connectivity index (χ3n) is 4.94. The molecule has 156 valence electrons. The number of pyridine rings is 1. The number of carbonyl (C=O) groups is 2. The molecule has 0 atom stereocenters. The number of nitrogens with zero attached hydrogens (tertiary/aromatic N) is 2. The van der Waals surface area contributed by atoms with Crippen LogP contribution in [0.4, 0.5) is 16.3 Å². The number of ether oxygens (including phenoxy) is 2. The summed E-state index contributed by atoms with van der Waals surface area (Å²) >= 11 is 0. The Morgan fingerprint density at radius 1 is 1.20 bits per heavy atom. The van der Waals surface area contributed by atoms with Crippen molar-refractivity contribution in [3.8, 4) is 0 Å². The molecule has 0 radical (unpaired) electrons. The van der Waals surface area contributed by atoms with Crippen LogP contribution in [0.2, 0.25) is 0 Å². The zero-order valence-electron chi connectivity index (χ0n) is 17.6. The van der Waals surface area contributed by atoms with Crippen LogP contribution in [0.3, 0.4) is 0 Å². The zero-order valence-corrected chi connectivity index (χ0v) is 17.6. The van der Waals surface area contributed by atoms with Gasteiger partial charge in [0.2, 0.25) is 0 Å². The van der Waals surface area contributed by atoms with E-state index < -0.39 is 17.7 Å². The van der Waals surface area contributed by atoms with Crippen LogP contribution < -0.4 is 5.32 Å². The number of esters is 1. The second kappa shape index (κ2) is 7.48. The van der Waals surface area contributed by atoms with Crippen LogP contribution in [-0.4, -0.2) is 34.3 Å². The number of carbonyl (C=O) groups excluding carboxylic acids is 2. The molecule has 1 aliphatic rings. The van der Waals surface area contributed by atoms with Crippen LogP contribution in [0, 0.1) is 0 Å². The van der Waals surface area contributed by atoms with E-state index in [0.29, 0.717) is 22.8 Å². The molecule has 0 aliphatic heterocycles. The number of aromatic nitrogens is 2. The monoisotopic (exact) mass is 407 g/mol. The van der Waals surface area contributed by atoms with Crippen molar-refractivity contribution in [3.63, 3.8) is 0 Å². The summed E-state index contributed by atoms with van der Waals surface area (Å²) in [5.74, 6) is 0.455. The van der Waals surface area contributed by atoms with Crippen LogP contribution >= 0.6 is 0 Å². The third-order valence-corrected chi connectivity index (χ3v) is 4.94. The molecule has 1 saturated carbocycles. The van der Waals surface area contributed by atoms with E-state index in [2.05, 4.69) is 10.3 Å². The van der Waals surface area contributed by atoms with E-state index >= 15 is 0 Å². The lowest BCUT2D eigenvalue weighted by atomic mass is 10.1. The Bertz CT molecular complexity index is 1120. The molecule has 7 heteroatoms. The first-order valence-electron chi connectivity index (χ1n) is 9.95. The van der Waals surface area contributed by atoms with E-state index in [-0.39, 0.29) is 0 Å². The summed E-state index contributed by atoms with van der Waals surface area (Å²) in [6.45, 7) is 5.48. The molecule has 0 saturated heterocycles. The quantitative estimate of drug-likeness (QED) is 0.597. The second-order valence-electron chi connectivity index (χ2n) is 8.46. The topological polar surface area (TPSA) is 82.5 Å². The van der Waals surface area contributed by atoms with E-state index in [1.807, 2.05) is 51.1 Å². The summed E-state index contributed by atoms with van der Waals surface area (Å²) in [5, 5.41) is 4.05. The highest BCUT2D eigenvalue weighted by atomic mass is 16.6. The molecule has 1 aromatic carbocycles. The van der Waals surface area contributed by atoms with Gasteiger partial charge >= 0.3 is 12.1 Å². The number of hydrogen-bond donors (Lipinski definition) is 1. The number of benzene rings is 1. The Kier molecular flexibility index (Phi) is 4.97. The minimum atomic E-state index is -0.591. The summed E-state index contributed by atoms with van der Waals surface area (Å²) in [5.41, 5.74) is 2.28. The standard InChI is InChI=1S/C23H25N3O4/c1-23(2,3)30-22(28)26-11-10-16-18(6-5-7-19(16)26)25-20-17(21(27)29-4)12-15(13-24-20)14-8-9-14/h5-7,10-14H,8-9H2,1-4H3,(H,24,25). The van der Waals surface area contributed by atoms with E-state index in [1.54, 1.807) is 12.4 Å². The normalized spacial score (nSPS) is 13.9. The first kappa shape index (κ1) is 19.9. The smallest absolute Gasteiger partial charge is 0.418 e. The summed E-state index contributed by atoms with van der Waals surface area (Å²) in [6.07, 6.45) is 5.27. The fraction of sp³-hybridized carbons (Fsp3) is 0.348. The Morgan fingerprint density at radius 2 is 1.97 bits per heavy atom. The van der Waals surface area contributed by atoms with Crippen LogP contribution in [0.15, 0.2) is 42.7 Å². The molecule has 1 aliphatic carbocycles. The highest BCUT2D eigenvalue weighted by Gasteiger charge is 2.26. The predicted octanol–water partition coefficient (Wildman–Crippen LogP) is 5.23. The molecule has 4 rings (SSSR count). The molecule has 7 nitrogen and oxygen atoms in total. The number of rotatable bonds is 4. The lowest BCUT2D eigenvalue weighted by molar-refractivity contribution is 0.0543. The Hall–Kier alpha value is -3.35. The maximum atomic E-state index is 12.5. The Morgan fingerprint density at radius 3 is 2.63 bits per heavy atom. The van der Waals surface area contributed by atoms with Gasteiger partial charge in [0.15, 0.2) is 0 Å². The molecule has 0 amide bonds. The molecule has 0 bridgehead atoms. The third kappa shape index (κ3) is 4.01. The highest BCUT2D eigenvalue weighted by molar-refractivity contribution is 6.00. The summed E-state index contributed by atoms with van der Waals surface area (Å²) in [7, 11) is 1.36. The fourth-order valence-corrected chi connectivity index (χ4v) is 3.36. The minimum absolute atomic E-state index is 0.394. The summed E-state index contributed by atoms with van der Waals surface area (Å²) < 4.78 is 11.9. The van der Waals surface area contributed by atoms with Gasteiger partial charge in [-0.25, -0.2) is 14.6 Å². The Balaban J connectivity index is 1.69. The molecule has 2 heterocycles. The van der Waals surface area contributed by atoms with E-state index in [1.165, 1.54) is 11.7 Å². The molecule has 1 N–H and O–H groups in total. The maximum Gasteiger partial charge on any atom is 0.418 e. The second-order valence-corrected chi connectivity index (χ2v) is 8.46. The number of methoxy groups -OCH3 is 1. The van der Waals surface area contributed by atoms with Crippen molar-refractivity contribution in [2.24, 2.45) is 0 Å². The molecule has 0 spiro atoms. The van der Waals surface area contributed by atoms with Crippen molar-refractivity contribution in [3.05, 3.63) is 53.9 Å². The van der Waals surface area contributed by atoms with E-state index in [0.717, 1.165) is 29.5 Å². The van der Waals surface area contributed by atoms with Gasteiger partial charge < -0.3 is 14.8 Å². The molecule has 1 fully saturated rings. The van der Waals surface area contributed by atoms with Crippen molar-refractivity contribution < 1.29 is 19.1 Å². The van der Waals surface area contributed by atoms with Crippen LogP contribution in [0.5, 0.6) is 0 Å². The number of anilines is 2. The Labute approximate surface area is 175 Å². The first-order chi connectivity index (χ1) is 14.3. The number of hydrogen-bond acceptors (Lipinski definition) is 6. The largest absolute Gasteiger partial charge is 0.465 e. The highest BCUT2D eigenvalue weighted by Crippen LogP contribution is 2.41. The van der Waals surface area contributed by atoms with Gasteiger partial charge in [0.1, 0.15) is 17.0 Å². The lowest BCUT2D eigenvalue weighted by Crippen LogP contribution is -2.26. The number of nitrogens with one attached hydrogen (secondary N) is 1. The van der Waals surface area contributed by atoms with Crippen molar-refractivity contribution in [1.82, 2.24) is 9.55 Å². The summed E-state index contributed by atoms with van der Waals surface area (Å²) in [6, 6.07) is 9.24. The average Bonchev–Trinajstić information content (AvgIpc) is 3.45. The van der Waals surface area contributed by atoms with Crippen LogP contribution in [-0.2, 0) is 9.47 Å². The molecule has 2 aromatic heterocycles. The minimum Gasteiger partial charge on any atom is -0.465 e. The summed E-state index contributed by atoms with van der Waals surface area (Å²) in [4.78, 5) is 29.4. The van der Waals surface area contributed by atoms with Gasteiger partial charge in [0, 0.05) is 23.5 Å². The van der Waals surface area contributed by atoms with E-state index in [4.69, 9.17) is 9.47 Å². The predicted molar refractivity (Wildman–Crippen MR) is 114 cm³/mol. The molecular formula is C23H25N3O4. The molecule has 3 aromatic rings. The first-order valence-corrected chi connectivity index (χ1v) is 9.95. The maximum absolute atomic E-state index is 12.5. The van der Waals surface area contributed by atoms with Gasteiger partial charge in [-0.1, -0.05) is 6.07 Å². The SMILES string of the molecule is COC(=O)c1cc(C2CC2)cnc1Nc1cccc2c1ccn2C(=O)OC(C)(C)C. The van der Waals surface area contributed by atoms with Gasteiger partial charge in [-0.05, 0) is 69.4 Å². The lowest BCUT2D eigenvalue weighted by Gasteiger charge is -2.19. The van der Waals surface area contributed by atoms with Gasteiger partial charge in [0.05, 0.1) is 12.6 Å². The van der Waals surface area contributed by atoms with Crippen LogP contribution in [0.1, 0.15) is 55.5 Å². The average molecular weight is 407 g/mol. The van der Waals surface area contributed by atoms with Crippen molar-refractivity contribution >= 4 is 34.5 Å². The van der Waals surface area contributed by atoms with Gasteiger partial charge in [-0.2, -0.15) is 0 Å². The fourth-order valence-electron chi connectivity index (χ4n) is 3.36. The van der Waals surface area contributed by atoms with Crippen molar-refractivity contribution in [1.29, 1.82) is 0 Å². The zero-order chi connectivity index (χ0) is 21.5. The molecule has 0 unspecified atom stereocenters. The van der Waals surface area contributed by atoms with Gasteiger partial charge in [0.25, 0.3) is 0 Å². The van der Waals surface area contributed by atoms with Crippen LogP contribution in [0.25, 0.3) is 10.9 Å².